The lowest BCUT2D eigenvalue weighted by Crippen LogP contribution is -2.19. The zero-order valence-electron chi connectivity index (χ0n) is 16.9. The Labute approximate surface area is 181 Å². The lowest BCUT2D eigenvalue weighted by molar-refractivity contribution is 0.300. The predicted molar refractivity (Wildman–Crippen MR) is 114 cm³/mol. The molecule has 160 valence electrons. The number of fused-ring (bicyclic) bond motifs is 1. The fourth-order valence-corrected chi connectivity index (χ4v) is 3.51. The van der Waals surface area contributed by atoms with Gasteiger partial charge in [-0.05, 0) is 55.2 Å². The van der Waals surface area contributed by atoms with E-state index in [-0.39, 0.29) is 17.6 Å². The number of benzene rings is 1. The zero-order valence-corrected chi connectivity index (χ0v) is 17.7. The minimum atomic E-state index is -0.376. The standard InChI is InChI=1S/C20H20ClN7O3/c1-10(22-20-24-18(9-31-20)28-11(2)25-26-27-28)14-5-13-6-15(21)17(30-8-12-3-4-12)7-16(13)23-19(14)29/h5-7,9-10,12H,3-4,8H2,1-2H3,(H,22,24)(H,23,29)/t10-/m0/s1. The Morgan fingerprint density at radius 3 is 2.97 bits per heavy atom. The molecule has 31 heavy (non-hydrogen) atoms. The van der Waals surface area contributed by atoms with Crippen LogP contribution < -0.4 is 15.6 Å². The van der Waals surface area contributed by atoms with Crippen LogP contribution in [0, 0.1) is 12.8 Å². The predicted octanol–water partition coefficient (Wildman–Crippen LogP) is 3.42. The Kier molecular flexibility index (Phi) is 4.85. The van der Waals surface area contributed by atoms with E-state index in [1.807, 2.05) is 6.92 Å². The molecule has 1 saturated carbocycles. The molecule has 3 aromatic heterocycles. The van der Waals surface area contributed by atoms with Crippen LogP contribution in [0.1, 0.15) is 37.2 Å². The SMILES string of the molecule is Cc1nnnn1-c1coc(N[C@@H](C)c2cc3cc(Cl)c(OCC4CC4)cc3[nH]c2=O)n1. The second-order valence-electron chi connectivity index (χ2n) is 7.69. The van der Waals surface area contributed by atoms with E-state index >= 15 is 0 Å². The minimum absolute atomic E-state index is 0.217. The van der Waals surface area contributed by atoms with Crippen molar-refractivity contribution in [1.29, 1.82) is 0 Å². The van der Waals surface area contributed by atoms with Crippen LogP contribution in [0.4, 0.5) is 6.01 Å². The molecule has 1 aliphatic carbocycles. The van der Waals surface area contributed by atoms with Crippen molar-refractivity contribution in [1.82, 2.24) is 30.2 Å². The maximum Gasteiger partial charge on any atom is 0.297 e. The van der Waals surface area contributed by atoms with Gasteiger partial charge >= 0.3 is 0 Å². The number of halogens is 1. The Morgan fingerprint density at radius 2 is 2.23 bits per heavy atom. The average molecular weight is 442 g/mol. The number of tetrazole rings is 1. The number of rotatable bonds is 7. The highest BCUT2D eigenvalue weighted by molar-refractivity contribution is 6.32. The number of H-pyrrole nitrogens is 1. The van der Waals surface area contributed by atoms with Crippen LogP contribution in [-0.2, 0) is 0 Å². The van der Waals surface area contributed by atoms with E-state index in [1.165, 1.54) is 23.8 Å². The van der Waals surface area contributed by atoms with E-state index in [0.717, 1.165) is 5.39 Å². The van der Waals surface area contributed by atoms with Gasteiger partial charge in [-0.1, -0.05) is 11.6 Å². The highest BCUT2D eigenvalue weighted by Gasteiger charge is 2.22. The van der Waals surface area contributed by atoms with Crippen molar-refractivity contribution in [3.8, 4) is 11.6 Å². The van der Waals surface area contributed by atoms with Gasteiger partial charge in [0.2, 0.25) is 0 Å². The number of nitrogens with zero attached hydrogens (tertiary/aromatic N) is 5. The van der Waals surface area contributed by atoms with E-state index in [0.29, 0.717) is 46.0 Å². The number of hydrogen-bond donors (Lipinski definition) is 2. The Hall–Kier alpha value is -3.40. The van der Waals surface area contributed by atoms with Crippen LogP contribution in [0.25, 0.3) is 16.7 Å². The number of nitrogens with one attached hydrogen (secondary N) is 2. The third-order valence-electron chi connectivity index (χ3n) is 5.24. The van der Waals surface area contributed by atoms with E-state index in [1.54, 1.807) is 25.1 Å². The monoisotopic (exact) mass is 441 g/mol. The van der Waals surface area contributed by atoms with E-state index in [4.69, 9.17) is 20.8 Å². The summed E-state index contributed by atoms with van der Waals surface area (Å²) in [6.07, 6.45) is 3.82. The molecule has 5 rings (SSSR count). The Morgan fingerprint density at radius 1 is 1.39 bits per heavy atom. The van der Waals surface area contributed by atoms with Gasteiger partial charge < -0.3 is 19.5 Å². The van der Waals surface area contributed by atoms with Crippen molar-refractivity contribution < 1.29 is 9.15 Å². The molecule has 0 saturated heterocycles. The van der Waals surface area contributed by atoms with Crippen molar-refractivity contribution in [2.75, 3.05) is 11.9 Å². The summed E-state index contributed by atoms with van der Waals surface area (Å²) < 4.78 is 12.7. The van der Waals surface area contributed by atoms with Gasteiger partial charge in [0, 0.05) is 17.0 Å². The number of aryl methyl sites for hydroxylation is 1. The Bertz CT molecular complexity index is 1310. The lowest BCUT2D eigenvalue weighted by atomic mass is 10.1. The van der Waals surface area contributed by atoms with Crippen LogP contribution in [0.2, 0.25) is 5.02 Å². The summed E-state index contributed by atoms with van der Waals surface area (Å²) in [4.78, 5) is 20.0. The first-order valence-electron chi connectivity index (χ1n) is 9.94. The summed E-state index contributed by atoms with van der Waals surface area (Å²) in [5.74, 6) is 2.22. The molecule has 1 fully saturated rings. The summed E-state index contributed by atoms with van der Waals surface area (Å²) >= 11 is 6.40. The van der Waals surface area contributed by atoms with Gasteiger partial charge in [0.1, 0.15) is 12.0 Å². The Balaban J connectivity index is 1.38. The molecule has 4 aromatic rings. The number of pyridine rings is 1. The summed E-state index contributed by atoms with van der Waals surface area (Å²) in [5.41, 5.74) is 0.975. The van der Waals surface area contributed by atoms with Crippen molar-refractivity contribution in [2.45, 2.75) is 32.7 Å². The summed E-state index contributed by atoms with van der Waals surface area (Å²) in [5, 5.41) is 15.7. The molecule has 10 nitrogen and oxygen atoms in total. The molecule has 1 aromatic carbocycles. The molecule has 2 N–H and O–H groups in total. The van der Waals surface area contributed by atoms with E-state index in [9.17, 15) is 4.79 Å². The first kappa shape index (κ1) is 19.6. The number of aromatic nitrogens is 6. The summed E-state index contributed by atoms with van der Waals surface area (Å²) in [7, 11) is 0. The van der Waals surface area contributed by atoms with Crippen molar-refractivity contribution in [2.24, 2.45) is 5.92 Å². The smallest absolute Gasteiger partial charge is 0.297 e. The van der Waals surface area contributed by atoms with Gasteiger partial charge in [0.05, 0.1) is 23.2 Å². The number of hydrogen-bond acceptors (Lipinski definition) is 8. The third kappa shape index (κ3) is 3.98. The molecule has 1 atom stereocenters. The molecular formula is C20H20ClN7O3. The highest BCUT2D eigenvalue weighted by atomic mass is 35.5. The first-order valence-corrected chi connectivity index (χ1v) is 10.3. The second-order valence-corrected chi connectivity index (χ2v) is 8.10. The summed E-state index contributed by atoms with van der Waals surface area (Å²) in [6, 6.07) is 5.25. The zero-order chi connectivity index (χ0) is 21.5. The average Bonchev–Trinajstić information content (AvgIpc) is 3.30. The van der Waals surface area contributed by atoms with Crippen molar-refractivity contribution in [3.05, 3.63) is 51.2 Å². The first-order chi connectivity index (χ1) is 15.0. The lowest BCUT2D eigenvalue weighted by Gasteiger charge is -2.14. The molecule has 11 heteroatoms. The van der Waals surface area contributed by atoms with E-state index in [2.05, 4.69) is 30.8 Å². The molecule has 0 amide bonds. The molecule has 3 heterocycles. The number of oxazole rings is 1. The fraction of sp³-hybridized carbons (Fsp3) is 0.350. The molecule has 0 radical (unpaired) electrons. The van der Waals surface area contributed by atoms with Gasteiger partial charge in [-0.25, -0.2) is 0 Å². The van der Waals surface area contributed by atoms with Crippen LogP contribution in [0.5, 0.6) is 5.75 Å². The molecule has 0 bridgehead atoms. The van der Waals surface area contributed by atoms with Crippen LogP contribution in [-0.4, -0.2) is 36.8 Å². The quantitative estimate of drug-likeness (QED) is 0.447. The van der Waals surface area contributed by atoms with Gasteiger partial charge in [-0.15, -0.1) is 5.10 Å². The molecular weight excluding hydrogens is 422 g/mol. The molecule has 1 aliphatic rings. The normalized spacial score (nSPS) is 14.7. The fourth-order valence-electron chi connectivity index (χ4n) is 3.28. The van der Waals surface area contributed by atoms with Crippen LogP contribution in [0.15, 0.2) is 33.7 Å². The molecule has 0 unspecified atom stereocenters. The second kappa shape index (κ2) is 7.69. The minimum Gasteiger partial charge on any atom is -0.492 e. The maximum absolute atomic E-state index is 12.7. The topological polar surface area (TPSA) is 124 Å². The van der Waals surface area contributed by atoms with Gasteiger partial charge in [0.25, 0.3) is 11.6 Å². The van der Waals surface area contributed by atoms with Gasteiger partial charge in [-0.3, -0.25) is 4.79 Å². The number of anilines is 1. The van der Waals surface area contributed by atoms with Gasteiger partial charge in [0.15, 0.2) is 11.6 Å². The number of aromatic amines is 1. The van der Waals surface area contributed by atoms with Crippen LogP contribution in [0.3, 0.4) is 0 Å². The summed E-state index contributed by atoms with van der Waals surface area (Å²) in [6.45, 7) is 4.25. The van der Waals surface area contributed by atoms with Gasteiger partial charge in [-0.2, -0.15) is 9.67 Å². The largest absolute Gasteiger partial charge is 0.492 e. The molecule has 0 spiro atoms. The van der Waals surface area contributed by atoms with E-state index < -0.39 is 0 Å². The highest BCUT2D eigenvalue weighted by Crippen LogP contribution is 2.34. The number of ether oxygens (including phenoxy) is 1. The van der Waals surface area contributed by atoms with Crippen molar-refractivity contribution in [3.63, 3.8) is 0 Å². The van der Waals surface area contributed by atoms with Crippen LogP contribution >= 0.6 is 11.6 Å². The molecule has 0 aliphatic heterocycles. The maximum atomic E-state index is 12.7. The van der Waals surface area contributed by atoms with Crippen molar-refractivity contribution >= 4 is 28.5 Å². The third-order valence-corrected chi connectivity index (χ3v) is 5.53.